The molecule has 30 heavy (non-hydrogen) atoms. The summed E-state index contributed by atoms with van der Waals surface area (Å²) < 4.78 is 17.5. The van der Waals surface area contributed by atoms with Crippen LogP contribution >= 0.6 is 23.2 Å². The molecule has 2 aromatic carbocycles. The topological polar surface area (TPSA) is 74.6 Å². The van der Waals surface area contributed by atoms with Gasteiger partial charge in [0.15, 0.2) is 11.5 Å². The van der Waals surface area contributed by atoms with E-state index in [9.17, 15) is 4.79 Å². The first-order valence-corrected chi connectivity index (χ1v) is 9.72. The normalized spacial score (nSPS) is 10.6. The molecule has 0 atom stereocenters. The molecule has 1 N–H and O–H groups in total. The molecule has 0 aliphatic heterocycles. The molecule has 0 saturated carbocycles. The Hall–Kier alpha value is -2.90. The van der Waals surface area contributed by atoms with Crippen LogP contribution in [0.2, 0.25) is 10.2 Å². The molecule has 1 heterocycles. The lowest BCUT2D eigenvalue weighted by molar-refractivity contribution is 0.102. The number of carbonyl (C=O) groups is 1. The van der Waals surface area contributed by atoms with Crippen molar-refractivity contribution in [2.45, 2.75) is 13.5 Å². The number of aryl methyl sites for hydroxylation is 1. The van der Waals surface area contributed by atoms with E-state index >= 15 is 0 Å². The number of amides is 1. The van der Waals surface area contributed by atoms with E-state index in [2.05, 4.69) is 10.4 Å². The number of rotatable bonds is 7. The number of methoxy groups -OCH3 is 3. The van der Waals surface area contributed by atoms with E-state index < -0.39 is 5.91 Å². The highest BCUT2D eigenvalue weighted by Crippen LogP contribution is 2.40. The third kappa shape index (κ3) is 4.32. The number of benzene rings is 2. The number of halogens is 2. The molecule has 158 valence electrons. The first-order chi connectivity index (χ1) is 14.4. The summed E-state index contributed by atoms with van der Waals surface area (Å²) in [5, 5.41) is 8.03. The van der Waals surface area contributed by atoms with Gasteiger partial charge in [-0.1, -0.05) is 41.4 Å². The second-order valence-electron chi connectivity index (χ2n) is 6.37. The number of ether oxygens (including phenoxy) is 3. The molecule has 0 spiro atoms. The Bertz CT molecular complexity index is 1060. The average Bonchev–Trinajstić information content (AvgIpc) is 3.01. The minimum atomic E-state index is -0.405. The van der Waals surface area contributed by atoms with E-state index in [1.807, 2.05) is 18.2 Å². The summed E-state index contributed by atoms with van der Waals surface area (Å²) in [7, 11) is 4.51. The maximum Gasteiger partial charge on any atom is 0.260 e. The summed E-state index contributed by atoms with van der Waals surface area (Å²) >= 11 is 12.7. The van der Waals surface area contributed by atoms with E-state index in [1.165, 1.54) is 21.3 Å². The Kier molecular flexibility index (Phi) is 6.74. The van der Waals surface area contributed by atoms with Crippen molar-refractivity contribution >= 4 is 34.8 Å². The van der Waals surface area contributed by atoms with Gasteiger partial charge in [-0.15, -0.1) is 0 Å². The summed E-state index contributed by atoms with van der Waals surface area (Å²) in [6.07, 6.45) is 0. The van der Waals surface area contributed by atoms with Crippen LogP contribution < -0.4 is 19.5 Å². The lowest BCUT2D eigenvalue weighted by Gasteiger charge is -2.14. The lowest BCUT2D eigenvalue weighted by atomic mass is 10.2. The van der Waals surface area contributed by atoms with E-state index in [0.717, 1.165) is 5.56 Å². The van der Waals surface area contributed by atoms with Crippen LogP contribution in [0, 0.1) is 6.92 Å². The van der Waals surface area contributed by atoms with Gasteiger partial charge in [0, 0.05) is 22.8 Å². The lowest BCUT2D eigenvalue weighted by Crippen LogP contribution is -2.13. The fraction of sp³-hybridized carbons (Fsp3) is 0.238. The smallest absolute Gasteiger partial charge is 0.260 e. The summed E-state index contributed by atoms with van der Waals surface area (Å²) in [6, 6.07) is 10.7. The van der Waals surface area contributed by atoms with Gasteiger partial charge in [-0.2, -0.15) is 5.10 Å². The molecule has 0 unspecified atom stereocenters. The Morgan fingerprint density at radius 1 is 1.07 bits per heavy atom. The van der Waals surface area contributed by atoms with Gasteiger partial charge in [0.2, 0.25) is 5.75 Å². The summed E-state index contributed by atoms with van der Waals surface area (Å²) in [5.41, 5.74) is 2.08. The van der Waals surface area contributed by atoms with E-state index in [1.54, 1.807) is 29.8 Å². The second kappa shape index (κ2) is 9.28. The summed E-state index contributed by atoms with van der Waals surface area (Å²) in [5.74, 6) is 0.866. The van der Waals surface area contributed by atoms with Crippen molar-refractivity contribution in [3.8, 4) is 17.2 Å². The number of nitrogens with zero attached hydrogens (tertiary/aromatic N) is 2. The fourth-order valence-electron chi connectivity index (χ4n) is 3.05. The number of aromatic nitrogens is 2. The number of carbonyl (C=O) groups excluding carboxylic acids is 1. The molecule has 0 fully saturated rings. The summed E-state index contributed by atoms with van der Waals surface area (Å²) in [4.78, 5) is 13.0. The molecule has 9 heteroatoms. The minimum absolute atomic E-state index is 0.220. The zero-order valence-corrected chi connectivity index (χ0v) is 18.5. The van der Waals surface area contributed by atoms with Gasteiger partial charge in [-0.3, -0.25) is 4.79 Å². The van der Waals surface area contributed by atoms with Crippen LogP contribution in [0.15, 0.2) is 36.4 Å². The second-order valence-corrected chi connectivity index (χ2v) is 7.13. The van der Waals surface area contributed by atoms with E-state index in [4.69, 9.17) is 37.4 Å². The maximum atomic E-state index is 13.0. The summed E-state index contributed by atoms with van der Waals surface area (Å²) in [6.45, 7) is 2.07. The molecule has 0 bridgehead atoms. The highest BCUT2D eigenvalue weighted by molar-refractivity contribution is 6.34. The Morgan fingerprint density at radius 3 is 2.27 bits per heavy atom. The van der Waals surface area contributed by atoms with Crippen molar-refractivity contribution in [1.82, 2.24) is 9.78 Å². The average molecular weight is 450 g/mol. The molecule has 1 aromatic heterocycles. The molecule has 1 amide bonds. The van der Waals surface area contributed by atoms with Crippen LogP contribution in [0.4, 0.5) is 5.69 Å². The molecular weight excluding hydrogens is 429 g/mol. The Balaban J connectivity index is 1.89. The van der Waals surface area contributed by atoms with Crippen molar-refractivity contribution < 1.29 is 19.0 Å². The van der Waals surface area contributed by atoms with Gasteiger partial charge in [0.25, 0.3) is 5.91 Å². The molecule has 0 radical (unpaired) electrons. The molecule has 0 aliphatic rings. The minimum Gasteiger partial charge on any atom is -0.493 e. The highest BCUT2D eigenvalue weighted by atomic mass is 35.5. The quantitative estimate of drug-likeness (QED) is 0.559. The number of anilines is 1. The Morgan fingerprint density at radius 2 is 1.70 bits per heavy atom. The van der Waals surface area contributed by atoms with Crippen molar-refractivity contribution in [1.29, 1.82) is 0 Å². The largest absolute Gasteiger partial charge is 0.493 e. The van der Waals surface area contributed by atoms with Crippen LogP contribution in [0.3, 0.4) is 0 Å². The van der Waals surface area contributed by atoms with Gasteiger partial charge in [0.1, 0.15) is 5.15 Å². The van der Waals surface area contributed by atoms with Crippen molar-refractivity contribution in [2.24, 2.45) is 0 Å². The van der Waals surface area contributed by atoms with Gasteiger partial charge in [-0.25, -0.2) is 4.68 Å². The third-order valence-corrected chi connectivity index (χ3v) is 5.25. The molecule has 0 saturated heterocycles. The van der Waals surface area contributed by atoms with Gasteiger partial charge in [-0.05, 0) is 18.6 Å². The zero-order valence-electron chi connectivity index (χ0n) is 17.0. The number of hydrogen-bond donors (Lipinski definition) is 1. The van der Waals surface area contributed by atoms with E-state index in [-0.39, 0.29) is 10.7 Å². The van der Waals surface area contributed by atoms with Crippen LogP contribution in [0.25, 0.3) is 0 Å². The van der Waals surface area contributed by atoms with Crippen LogP contribution in [-0.4, -0.2) is 37.0 Å². The van der Waals surface area contributed by atoms with Crippen LogP contribution in [-0.2, 0) is 6.54 Å². The zero-order chi connectivity index (χ0) is 21.8. The van der Waals surface area contributed by atoms with Gasteiger partial charge >= 0.3 is 0 Å². The van der Waals surface area contributed by atoms with Gasteiger partial charge in [0.05, 0.1) is 39.1 Å². The van der Waals surface area contributed by atoms with Crippen LogP contribution in [0.5, 0.6) is 17.2 Å². The standard InChI is InChI=1S/C21H21Cl2N3O4/c1-12-18(20(23)26(25-12)11-13-7-5-6-8-15(13)22)21(27)24-14-9-16(28-2)19(30-4)17(10-14)29-3/h5-10H,11H2,1-4H3,(H,24,27). The van der Waals surface area contributed by atoms with Crippen molar-refractivity contribution in [3.05, 3.63) is 63.4 Å². The molecule has 3 rings (SSSR count). The monoisotopic (exact) mass is 449 g/mol. The SMILES string of the molecule is COc1cc(NC(=O)c2c(C)nn(Cc3ccccc3Cl)c2Cl)cc(OC)c1OC. The predicted octanol–water partition coefficient (Wildman–Crippen LogP) is 4.82. The fourth-order valence-corrected chi connectivity index (χ4v) is 3.57. The maximum absolute atomic E-state index is 13.0. The third-order valence-electron chi connectivity index (χ3n) is 4.49. The van der Waals surface area contributed by atoms with Crippen molar-refractivity contribution in [3.63, 3.8) is 0 Å². The molecule has 3 aromatic rings. The van der Waals surface area contributed by atoms with Crippen LogP contribution in [0.1, 0.15) is 21.6 Å². The van der Waals surface area contributed by atoms with E-state index in [0.29, 0.717) is 40.2 Å². The molecule has 7 nitrogen and oxygen atoms in total. The first kappa shape index (κ1) is 21.8. The predicted molar refractivity (Wildman–Crippen MR) is 117 cm³/mol. The number of nitrogens with one attached hydrogen (secondary N) is 1. The highest BCUT2D eigenvalue weighted by Gasteiger charge is 2.22. The van der Waals surface area contributed by atoms with Gasteiger partial charge < -0.3 is 19.5 Å². The molecule has 0 aliphatic carbocycles. The number of hydrogen-bond acceptors (Lipinski definition) is 5. The first-order valence-electron chi connectivity index (χ1n) is 8.97. The Labute approximate surface area is 184 Å². The molecular formula is C21H21Cl2N3O4. The van der Waals surface area contributed by atoms with Crippen molar-refractivity contribution in [2.75, 3.05) is 26.6 Å².